The lowest BCUT2D eigenvalue weighted by Gasteiger charge is -2.39. The van der Waals surface area contributed by atoms with Crippen molar-refractivity contribution in [2.24, 2.45) is 11.8 Å². The highest BCUT2D eigenvalue weighted by atomic mass is 16.5. The molecule has 3 aromatic rings. The molecule has 2 aliphatic carbocycles. The molecule has 0 radical (unpaired) electrons. The van der Waals surface area contributed by atoms with E-state index in [0.717, 1.165) is 34.9 Å². The van der Waals surface area contributed by atoms with Crippen molar-refractivity contribution in [3.63, 3.8) is 0 Å². The molecule has 6 heteroatoms. The van der Waals surface area contributed by atoms with Crippen molar-refractivity contribution in [2.75, 3.05) is 6.54 Å². The Morgan fingerprint density at radius 3 is 2.26 bits per heavy atom. The minimum Gasteiger partial charge on any atom is -0.481 e. The summed E-state index contributed by atoms with van der Waals surface area (Å²) in [5.41, 5.74) is 6.18. The number of fused-ring (bicyclic) bond motifs is 2. The van der Waals surface area contributed by atoms with Crippen LogP contribution in [0.3, 0.4) is 0 Å². The van der Waals surface area contributed by atoms with Crippen molar-refractivity contribution in [2.45, 2.75) is 51.4 Å². The number of carbonyl (C=O) groups is 2. The molecule has 2 aliphatic rings. The van der Waals surface area contributed by atoms with Crippen LogP contribution >= 0.6 is 0 Å². The molecule has 1 heterocycles. The fraction of sp³-hybridized carbons (Fsp3) is 0.393. The number of aryl methyl sites for hydroxylation is 2. The molecule has 2 N–H and O–H groups in total. The van der Waals surface area contributed by atoms with Crippen molar-refractivity contribution < 1.29 is 19.2 Å². The first kappa shape index (κ1) is 22.4. The van der Waals surface area contributed by atoms with Crippen molar-refractivity contribution >= 4 is 11.9 Å². The van der Waals surface area contributed by atoms with E-state index in [4.69, 9.17) is 9.63 Å². The SMILES string of the molecule is Cc1noc(C)c1-c1ccc(C2(c3ccc(C(=O)NCCC(=O)O)cc3)CC3CCC2C3)cc1. The Morgan fingerprint density at radius 2 is 1.74 bits per heavy atom. The Hall–Kier alpha value is -3.41. The molecule has 176 valence electrons. The summed E-state index contributed by atoms with van der Waals surface area (Å²) in [6.07, 6.45) is 4.83. The lowest BCUT2D eigenvalue weighted by molar-refractivity contribution is -0.136. The summed E-state index contributed by atoms with van der Waals surface area (Å²) in [6, 6.07) is 16.8. The number of benzene rings is 2. The van der Waals surface area contributed by atoms with Crippen LogP contribution in [0.15, 0.2) is 53.1 Å². The third-order valence-electron chi connectivity index (χ3n) is 7.86. The number of amides is 1. The van der Waals surface area contributed by atoms with E-state index in [1.165, 1.54) is 30.4 Å². The number of aromatic nitrogens is 1. The summed E-state index contributed by atoms with van der Waals surface area (Å²) in [5.74, 6) is 1.01. The van der Waals surface area contributed by atoms with Crippen molar-refractivity contribution in [1.29, 1.82) is 0 Å². The van der Waals surface area contributed by atoms with Crippen LogP contribution in [0.25, 0.3) is 11.1 Å². The van der Waals surface area contributed by atoms with Gasteiger partial charge in [0, 0.05) is 23.1 Å². The van der Waals surface area contributed by atoms with Gasteiger partial charge in [-0.25, -0.2) is 0 Å². The fourth-order valence-electron chi connectivity index (χ4n) is 6.34. The van der Waals surface area contributed by atoms with Crippen molar-refractivity contribution in [3.05, 3.63) is 76.7 Å². The van der Waals surface area contributed by atoms with Crippen LogP contribution in [0.2, 0.25) is 0 Å². The smallest absolute Gasteiger partial charge is 0.305 e. The van der Waals surface area contributed by atoms with E-state index in [1.54, 1.807) is 0 Å². The number of aliphatic carboxylic acids is 1. The van der Waals surface area contributed by atoms with Gasteiger partial charge in [0.05, 0.1) is 12.1 Å². The summed E-state index contributed by atoms with van der Waals surface area (Å²) < 4.78 is 5.36. The lowest BCUT2D eigenvalue weighted by Crippen LogP contribution is -2.34. The second-order valence-electron chi connectivity index (χ2n) is 9.80. The summed E-state index contributed by atoms with van der Waals surface area (Å²) in [4.78, 5) is 23.1. The van der Waals surface area contributed by atoms with Gasteiger partial charge in [0.1, 0.15) is 5.76 Å². The van der Waals surface area contributed by atoms with Crippen LogP contribution in [0.1, 0.15) is 65.0 Å². The highest BCUT2D eigenvalue weighted by Gasteiger charge is 2.52. The fourth-order valence-corrected chi connectivity index (χ4v) is 6.34. The van der Waals surface area contributed by atoms with Crippen LogP contribution in [0, 0.1) is 25.7 Å². The normalized spacial score (nSPS) is 23.2. The molecular formula is C28H30N2O4. The Balaban J connectivity index is 1.45. The van der Waals surface area contributed by atoms with Gasteiger partial charge in [-0.05, 0) is 73.8 Å². The zero-order valence-corrected chi connectivity index (χ0v) is 19.6. The molecule has 1 aromatic heterocycles. The Bertz CT molecular complexity index is 1190. The van der Waals surface area contributed by atoms with E-state index >= 15 is 0 Å². The highest BCUT2D eigenvalue weighted by molar-refractivity contribution is 5.94. The molecule has 0 aliphatic heterocycles. The summed E-state index contributed by atoms with van der Waals surface area (Å²) in [5, 5.41) is 15.6. The topological polar surface area (TPSA) is 92.4 Å². The van der Waals surface area contributed by atoms with Crippen LogP contribution in [0.5, 0.6) is 0 Å². The Kier molecular flexibility index (Phi) is 5.76. The quantitative estimate of drug-likeness (QED) is 0.503. The van der Waals surface area contributed by atoms with Crippen LogP contribution < -0.4 is 5.32 Å². The van der Waals surface area contributed by atoms with E-state index < -0.39 is 5.97 Å². The summed E-state index contributed by atoms with van der Waals surface area (Å²) >= 11 is 0. The number of carbonyl (C=O) groups excluding carboxylic acids is 1. The van der Waals surface area contributed by atoms with E-state index in [-0.39, 0.29) is 24.3 Å². The molecule has 2 saturated carbocycles. The predicted octanol–water partition coefficient (Wildman–Crippen LogP) is 5.27. The lowest BCUT2D eigenvalue weighted by atomic mass is 9.64. The van der Waals surface area contributed by atoms with Gasteiger partial charge in [-0.3, -0.25) is 9.59 Å². The first-order valence-electron chi connectivity index (χ1n) is 12.0. The second kappa shape index (κ2) is 8.75. The van der Waals surface area contributed by atoms with Gasteiger partial charge >= 0.3 is 5.97 Å². The number of rotatable bonds is 7. The molecule has 0 saturated heterocycles. The maximum absolute atomic E-state index is 12.4. The second-order valence-corrected chi connectivity index (χ2v) is 9.80. The van der Waals surface area contributed by atoms with Gasteiger partial charge in [-0.15, -0.1) is 0 Å². The maximum Gasteiger partial charge on any atom is 0.305 e. The number of nitrogens with zero attached hydrogens (tertiary/aromatic N) is 1. The third-order valence-corrected chi connectivity index (χ3v) is 7.86. The molecule has 0 spiro atoms. The van der Waals surface area contributed by atoms with Gasteiger partial charge < -0.3 is 14.9 Å². The van der Waals surface area contributed by atoms with Gasteiger partial charge in [0.25, 0.3) is 5.91 Å². The first-order valence-corrected chi connectivity index (χ1v) is 12.0. The number of hydrogen-bond acceptors (Lipinski definition) is 4. The molecule has 1 amide bonds. The third kappa shape index (κ3) is 3.81. The van der Waals surface area contributed by atoms with Crippen LogP contribution in [-0.4, -0.2) is 28.7 Å². The van der Waals surface area contributed by atoms with Gasteiger partial charge in [-0.2, -0.15) is 0 Å². The maximum atomic E-state index is 12.4. The molecule has 3 unspecified atom stereocenters. The van der Waals surface area contributed by atoms with Crippen LogP contribution in [0.4, 0.5) is 0 Å². The molecule has 34 heavy (non-hydrogen) atoms. The molecule has 2 bridgehead atoms. The van der Waals surface area contributed by atoms with Gasteiger partial charge in [-0.1, -0.05) is 48.0 Å². The molecule has 2 fully saturated rings. The zero-order chi connectivity index (χ0) is 23.9. The van der Waals surface area contributed by atoms with Crippen molar-refractivity contribution in [3.8, 4) is 11.1 Å². The van der Waals surface area contributed by atoms with E-state index in [1.807, 2.05) is 26.0 Å². The van der Waals surface area contributed by atoms with Gasteiger partial charge in [0.15, 0.2) is 0 Å². The van der Waals surface area contributed by atoms with E-state index in [0.29, 0.717) is 11.5 Å². The van der Waals surface area contributed by atoms with Crippen LogP contribution in [-0.2, 0) is 10.2 Å². The molecular weight excluding hydrogens is 428 g/mol. The minimum atomic E-state index is -0.922. The predicted molar refractivity (Wildman–Crippen MR) is 129 cm³/mol. The zero-order valence-electron chi connectivity index (χ0n) is 19.6. The molecule has 3 atom stereocenters. The summed E-state index contributed by atoms with van der Waals surface area (Å²) in [7, 11) is 0. The minimum absolute atomic E-state index is 0.0432. The molecule has 6 nitrogen and oxygen atoms in total. The average Bonchev–Trinajstić information content (AvgIpc) is 3.54. The molecule has 2 aromatic carbocycles. The Morgan fingerprint density at radius 1 is 1.06 bits per heavy atom. The first-order chi connectivity index (χ1) is 16.4. The van der Waals surface area contributed by atoms with Gasteiger partial charge in [0.2, 0.25) is 0 Å². The van der Waals surface area contributed by atoms with Crippen molar-refractivity contribution in [1.82, 2.24) is 10.5 Å². The Labute approximate surface area is 199 Å². The number of nitrogens with one attached hydrogen (secondary N) is 1. The largest absolute Gasteiger partial charge is 0.481 e. The summed E-state index contributed by atoms with van der Waals surface area (Å²) in [6.45, 7) is 4.04. The number of carboxylic acid groups (broad SMARTS) is 1. The number of hydrogen-bond donors (Lipinski definition) is 2. The monoisotopic (exact) mass is 458 g/mol. The van der Waals surface area contributed by atoms with E-state index in [2.05, 4.69) is 46.9 Å². The molecule has 5 rings (SSSR count). The number of carboxylic acids is 1. The highest BCUT2D eigenvalue weighted by Crippen LogP contribution is 2.60. The average molecular weight is 459 g/mol. The van der Waals surface area contributed by atoms with E-state index in [9.17, 15) is 9.59 Å². The standard InChI is InChI=1S/C28H30N2O4/c1-17-26(18(2)34-30-17)20-4-9-22(10-5-20)28(16-19-3-8-24(28)15-19)23-11-6-21(7-12-23)27(33)29-14-13-25(31)32/h4-7,9-12,19,24H,3,8,13-16H2,1-2H3,(H,29,33)(H,31,32).